The molecule has 0 aliphatic rings. The molecule has 0 atom stereocenters. The molecule has 1 aromatic heterocycles. The smallest absolute Gasteiger partial charge is 0.0897 e. The van der Waals surface area contributed by atoms with E-state index in [1.807, 2.05) is 13.1 Å². The van der Waals surface area contributed by atoms with Gasteiger partial charge in [0.05, 0.1) is 10.5 Å². The number of hydrogen-bond acceptors (Lipinski definition) is 3. The van der Waals surface area contributed by atoms with E-state index < -0.39 is 0 Å². The zero-order valence-electron chi connectivity index (χ0n) is 7.92. The van der Waals surface area contributed by atoms with Crippen LogP contribution >= 0.6 is 11.3 Å². The van der Waals surface area contributed by atoms with Crippen LogP contribution in [0.25, 0.3) is 0 Å². The predicted molar refractivity (Wildman–Crippen MR) is 53.3 cm³/mol. The Morgan fingerprint density at radius 3 is 2.42 bits per heavy atom. The van der Waals surface area contributed by atoms with Crippen LogP contribution in [0.3, 0.4) is 0 Å². The maximum Gasteiger partial charge on any atom is 0.0897 e. The summed E-state index contributed by atoms with van der Waals surface area (Å²) in [6.07, 6.45) is 3.86. The highest BCUT2D eigenvalue weighted by Crippen LogP contribution is 2.29. The fraction of sp³-hybridized carbons (Fsp3) is 0.667. The highest BCUT2D eigenvalue weighted by atomic mass is 32.1. The van der Waals surface area contributed by atoms with E-state index in [4.69, 9.17) is 5.73 Å². The van der Waals surface area contributed by atoms with Crippen LogP contribution in [0.4, 0.5) is 0 Å². The van der Waals surface area contributed by atoms with E-state index in [9.17, 15) is 0 Å². The van der Waals surface area contributed by atoms with Crippen molar-refractivity contribution >= 4 is 11.3 Å². The largest absolute Gasteiger partial charge is 0.321 e. The zero-order chi connectivity index (χ0) is 9.19. The van der Waals surface area contributed by atoms with Crippen LogP contribution in [-0.2, 0) is 5.54 Å². The molecule has 0 radical (unpaired) electrons. The summed E-state index contributed by atoms with van der Waals surface area (Å²) in [6.45, 7) is 6.26. The van der Waals surface area contributed by atoms with Gasteiger partial charge in [-0.05, 0) is 19.8 Å². The van der Waals surface area contributed by atoms with E-state index in [0.29, 0.717) is 0 Å². The van der Waals surface area contributed by atoms with Crippen LogP contribution < -0.4 is 5.73 Å². The van der Waals surface area contributed by atoms with Gasteiger partial charge in [0.15, 0.2) is 0 Å². The normalized spacial score (nSPS) is 12.0. The second-order valence-electron chi connectivity index (χ2n) is 3.11. The molecule has 0 fully saturated rings. The zero-order valence-corrected chi connectivity index (χ0v) is 8.74. The summed E-state index contributed by atoms with van der Waals surface area (Å²) in [5.74, 6) is 0. The number of aryl methyl sites for hydroxylation is 1. The van der Waals surface area contributed by atoms with Crippen LogP contribution in [0.5, 0.6) is 0 Å². The van der Waals surface area contributed by atoms with E-state index in [1.165, 1.54) is 4.88 Å². The first-order chi connectivity index (χ1) is 5.62. The van der Waals surface area contributed by atoms with Crippen molar-refractivity contribution in [2.75, 3.05) is 0 Å². The van der Waals surface area contributed by atoms with Crippen molar-refractivity contribution in [1.29, 1.82) is 0 Å². The summed E-state index contributed by atoms with van der Waals surface area (Å²) in [5.41, 5.74) is 6.05. The summed E-state index contributed by atoms with van der Waals surface area (Å²) < 4.78 is 0. The van der Waals surface area contributed by atoms with Crippen molar-refractivity contribution < 1.29 is 0 Å². The van der Waals surface area contributed by atoms with E-state index in [1.54, 1.807) is 11.3 Å². The fourth-order valence-corrected chi connectivity index (χ4v) is 2.21. The van der Waals surface area contributed by atoms with Crippen molar-refractivity contribution in [3.8, 4) is 0 Å². The lowest BCUT2D eigenvalue weighted by Crippen LogP contribution is -2.33. The fourth-order valence-electron chi connectivity index (χ4n) is 1.19. The van der Waals surface area contributed by atoms with Gasteiger partial charge in [0.1, 0.15) is 0 Å². The van der Waals surface area contributed by atoms with Crippen LogP contribution in [0, 0.1) is 6.92 Å². The summed E-state index contributed by atoms with van der Waals surface area (Å²) >= 11 is 1.71. The lowest BCUT2D eigenvalue weighted by Gasteiger charge is -2.24. The number of hydrogen-bond donors (Lipinski definition) is 1. The summed E-state index contributed by atoms with van der Waals surface area (Å²) in [4.78, 5) is 5.43. The average Bonchev–Trinajstić information content (AvgIpc) is 2.51. The highest BCUT2D eigenvalue weighted by molar-refractivity contribution is 7.11. The van der Waals surface area contributed by atoms with Gasteiger partial charge in [-0.3, -0.25) is 0 Å². The van der Waals surface area contributed by atoms with Gasteiger partial charge >= 0.3 is 0 Å². The van der Waals surface area contributed by atoms with Gasteiger partial charge in [-0.15, -0.1) is 11.3 Å². The second-order valence-corrected chi connectivity index (χ2v) is 4.34. The van der Waals surface area contributed by atoms with Crippen LogP contribution in [0.1, 0.15) is 36.6 Å². The lowest BCUT2D eigenvalue weighted by molar-refractivity contribution is 0.420. The number of thiazole rings is 1. The number of rotatable bonds is 3. The average molecular weight is 184 g/mol. The Bertz CT molecular complexity index is 251. The van der Waals surface area contributed by atoms with Crippen molar-refractivity contribution in [1.82, 2.24) is 4.98 Å². The van der Waals surface area contributed by atoms with Gasteiger partial charge in [0.2, 0.25) is 0 Å². The van der Waals surface area contributed by atoms with Crippen LogP contribution in [0.15, 0.2) is 6.20 Å². The molecule has 1 aromatic rings. The number of aromatic nitrogens is 1. The summed E-state index contributed by atoms with van der Waals surface area (Å²) in [6, 6.07) is 0. The third-order valence-electron chi connectivity index (χ3n) is 2.37. The minimum atomic E-state index is -0.147. The molecule has 0 aromatic carbocycles. The molecule has 1 rings (SSSR count). The van der Waals surface area contributed by atoms with E-state index in [2.05, 4.69) is 18.8 Å². The predicted octanol–water partition coefficient (Wildman–Crippen LogP) is 2.43. The molecule has 0 aliphatic heterocycles. The molecule has 12 heavy (non-hydrogen) atoms. The van der Waals surface area contributed by atoms with Crippen molar-refractivity contribution in [3.63, 3.8) is 0 Å². The lowest BCUT2D eigenvalue weighted by atomic mass is 9.93. The Kier molecular flexibility index (Phi) is 2.85. The number of nitrogens with zero attached hydrogens (tertiary/aromatic N) is 1. The first-order valence-corrected chi connectivity index (χ1v) is 5.16. The Balaban J connectivity index is 2.94. The Morgan fingerprint density at radius 2 is 2.08 bits per heavy atom. The number of nitrogens with two attached hydrogens (primary N) is 1. The molecule has 1 heterocycles. The summed E-state index contributed by atoms with van der Waals surface area (Å²) in [5, 5.41) is 1.10. The second kappa shape index (κ2) is 3.54. The third-order valence-corrected chi connectivity index (χ3v) is 3.51. The Hall–Kier alpha value is -0.410. The minimum Gasteiger partial charge on any atom is -0.321 e. The Morgan fingerprint density at radius 1 is 1.50 bits per heavy atom. The minimum absolute atomic E-state index is 0.147. The molecule has 0 bridgehead atoms. The van der Waals surface area contributed by atoms with E-state index >= 15 is 0 Å². The van der Waals surface area contributed by atoms with Gasteiger partial charge in [0, 0.05) is 11.1 Å². The first-order valence-electron chi connectivity index (χ1n) is 4.34. The van der Waals surface area contributed by atoms with E-state index in [0.717, 1.165) is 17.8 Å². The quantitative estimate of drug-likeness (QED) is 0.783. The van der Waals surface area contributed by atoms with Gasteiger partial charge in [-0.2, -0.15) is 0 Å². The van der Waals surface area contributed by atoms with Gasteiger partial charge in [-0.1, -0.05) is 13.8 Å². The van der Waals surface area contributed by atoms with Gasteiger partial charge in [-0.25, -0.2) is 4.98 Å². The van der Waals surface area contributed by atoms with Crippen LogP contribution in [0.2, 0.25) is 0 Å². The third kappa shape index (κ3) is 1.67. The summed E-state index contributed by atoms with van der Waals surface area (Å²) in [7, 11) is 0. The molecule has 2 nitrogen and oxygen atoms in total. The van der Waals surface area contributed by atoms with Crippen molar-refractivity contribution in [3.05, 3.63) is 16.1 Å². The molecule has 0 saturated heterocycles. The van der Waals surface area contributed by atoms with E-state index in [-0.39, 0.29) is 5.54 Å². The Labute approximate surface area is 77.8 Å². The standard InChI is InChI=1S/C9H16N2S/c1-4-9(10,5-2)8-6-11-7(3)12-8/h6H,4-5,10H2,1-3H3. The molecule has 0 unspecified atom stereocenters. The maximum absolute atomic E-state index is 6.20. The molecule has 0 spiro atoms. The molecule has 3 heteroatoms. The molecule has 68 valence electrons. The van der Waals surface area contributed by atoms with Crippen molar-refractivity contribution in [2.45, 2.75) is 39.2 Å². The first kappa shape index (κ1) is 9.68. The molecular weight excluding hydrogens is 168 g/mol. The monoisotopic (exact) mass is 184 g/mol. The molecule has 0 saturated carbocycles. The topological polar surface area (TPSA) is 38.9 Å². The molecule has 0 aliphatic carbocycles. The van der Waals surface area contributed by atoms with Gasteiger partial charge < -0.3 is 5.73 Å². The molecule has 2 N–H and O–H groups in total. The highest BCUT2D eigenvalue weighted by Gasteiger charge is 2.24. The maximum atomic E-state index is 6.20. The van der Waals surface area contributed by atoms with Gasteiger partial charge in [0.25, 0.3) is 0 Å². The molecule has 0 amide bonds. The molecular formula is C9H16N2S. The van der Waals surface area contributed by atoms with Crippen LogP contribution in [-0.4, -0.2) is 4.98 Å². The SMILES string of the molecule is CCC(N)(CC)c1cnc(C)s1. The van der Waals surface area contributed by atoms with Crippen molar-refractivity contribution in [2.24, 2.45) is 5.73 Å².